The molecule has 0 amide bonds. The lowest BCUT2D eigenvalue weighted by atomic mass is 9.66. The molecule has 0 atom stereocenters. The van der Waals surface area contributed by atoms with Crippen LogP contribution in [0.1, 0.15) is 47.2 Å². The highest BCUT2D eigenvalue weighted by Gasteiger charge is 2.51. The molecule has 14 rings (SSSR count). The number of rotatable bonds is 5. The van der Waals surface area contributed by atoms with Gasteiger partial charge < -0.3 is 9.32 Å². The fourth-order valence-corrected chi connectivity index (χ4v) is 13.4. The van der Waals surface area contributed by atoms with Crippen molar-refractivity contribution in [3.63, 3.8) is 0 Å². The lowest BCUT2D eigenvalue weighted by Crippen LogP contribution is -2.32. The molecular weight excluding hydrogens is 831 g/mol. The van der Waals surface area contributed by atoms with E-state index < -0.39 is 5.41 Å². The van der Waals surface area contributed by atoms with Crippen LogP contribution in [0.2, 0.25) is 0 Å². The summed E-state index contributed by atoms with van der Waals surface area (Å²) < 4.78 is 6.70. The van der Waals surface area contributed by atoms with Crippen molar-refractivity contribution in [1.29, 1.82) is 0 Å². The van der Waals surface area contributed by atoms with E-state index in [1.165, 1.54) is 87.7 Å². The summed E-state index contributed by atoms with van der Waals surface area (Å²) in [7, 11) is 0. The molecule has 2 heterocycles. The van der Waals surface area contributed by atoms with E-state index in [1.54, 1.807) is 0 Å². The Labute approximate surface area is 394 Å². The van der Waals surface area contributed by atoms with E-state index in [9.17, 15) is 0 Å². The number of para-hydroxylation sites is 1. The van der Waals surface area contributed by atoms with Crippen LogP contribution in [-0.2, 0) is 10.8 Å². The second-order valence-electron chi connectivity index (χ2n) is 18.7. The van der Waals surface area contributed by atoms with Crippen LogP contribution in [0.4, 0.5) is 17.1 Å². The van der Waals surface area contributed by atoms with Crippen LogP contribution < -0.4 is 4.90 Å². The van der Waals surface area contributed by atoms with Crippen molar-refractivity contribution in [2.75, 3.05) is 4.90 Å². The van der Waals surface area contributed by atoms with Crippen molar-refractivity contribution in [3.8, 4) is 44.5 Å². The molecule has 11 aromatic rings. The minimum Gasteiger partial charge on any atom is -0.456 e. The Kier molecular flexibility index (Phi) is 8.21. The molecule has 0 radical (unpaired) electrons. The Morgan fingerprint density at radius 3 is 1.76 bits per heavy atom. The SMILES string of the molecule is CC1(C)c2ccccc2-c2cccc(N(c3cc(-c4cccc(-c5ccccc5)c4)c4c(c3)C3(c5ccccc5S4)c4ccccc4-c4ccccc43)c3cccc4oc5ccccc5c34)c21. The molecule has 0 bridgehead atoms. The highest BCUT2D eigenvalue weighted by molar-refractivity contribution is 7.99. The van der Waals surface area contributed by atoms with E-state index >= 15 is 0 Å². The minimum absolute atomic E-state index is 0.284. The van der Waals surface area contributed by atoms with Gasteiger partial charge in [-0.1, -0.05) is 202 Å². The number of hydrogen-bond acceptors (Lipinski definition) is 3. The summed E-state index contributed by atoms with van der Waals surface area (Å²) >= 11 is 1.91. The molecule has 0 saturated carbocycles. The molecule has 1 aliphatic heterocycles. The van der Waals surface area contributed by atoms with Gasteiger partial charge in [-0.05, 0) is 126 Å². The van der Waals surface area contributed by atoms with E-state index in [0.29, 0.717) is 0 Å². The first-order chi connectivity index (χ1) is 33.0. The Morgan fingerprint density at radius 1 is 0.403 bits per heavy atom. The zero-order valence-electron chi connectivity index (χ0n) is 37.1. The number of furan rings is 1. The van der Waals surface area contributed by atoms with E-state index in [-0.39, 0.29) is 5.41 Å². The highest BCUT2D eigenvalue weighted by atomic mass is 32.2. The predicted octanol–water partition coefficient (Wildman–Crippen LogP) is 17.5. The predicted molar refractivity (Wildman–Crippen MR) is 278 cm³/mol. The number of fused-ring (bicyclic) bond motifs is 15. The van der Waals surface area contributed by atoms with Crippen LogP contribution >= 0.6 is 11.8 Å². The fraction of sp³-hybridized carbons (Fsp3) is 0.0625. The molecule has 3 heteroatoms. The monoisotopic (exact) mass is 873 g/mol. The Morgan fingerprint density at radius 2 is 0.970 bits per heavy atom. The maximum Gasteiger partial charge on any atom is 0.137 e. The van der Waals surface area contributed by atoms with Crippen LogP contribution in [-0.4, -0.2) is 0 Å². The molecule has 10 aromatic carbocycles. The topological polar surface area (TPSA) is 16.4 Å². The summed E-state index contributed by atoms with van der Waals surface area (Å²) in [5, 5.41) is 2.20. The summed E-state index contributed by atoms with van der Waals surface area (Å²) in [6, 6.07) is 83.4. The lowest BCUT2D eigenvalue weighted by molar-refractivity contribution is 0.660. The van der Waals surface area contributed by atoms with E-state index in [4.69, 9.17) is 4.42 Å². The summed E-state index contributed by atoms with van der Waals surface area (Å²) in [5.74, 6) is 0. The van der Waals surface area contributed by atoms with Gasteiger partial charge in [-0.2, -0.15) is 0 Å². The standard InChI is InChI=1S/C64H43NOS/c1-63(2)50-28-10-6-25-46(50)47-27-17-33-56(61(47)63)65(55-32-18-35-58-60(55)48-26-9-14-34-57(48)66-58)43-38-49(42-22-16-21-41(37-42)40-19-4-3-5-20-40)62-54(39-43)64(53-31-13-15-36-59(53)67-62)51-29-11-7-23-44(51)45-24-8-12-30-52(45)64/h3-39H,1-2H3. The van der Waals surface area contributed by atoms with Gasteiger partial charge >= 0.3 is 0 Å². The third-order valence-electron chi connectivity index (χ3n) is 14.9. The van der Waals surface area contributed by atoms with Gasteiger partial charge in [-0.15, -0.1) is 0 Å². The van der Waals surface area contributed by atoms with Gasteiger partial charge in [0.15, 0.2) is 0 Å². The molecule has 0 N–H and O–H groups in total. The number of benzene rings is 10. The third-order valence-corrected chi connectivity index (χ3v) is 16.1. The summed E-state index contributed by atoms with van der Waals surface area (Å²) in [5.41, 5.74) is 22.0. The second-order valence-corrected chi connectivity index (χ2v) is 19.8. The van der Waals surface area contributed by atoms with Gasteiger partial charge in [-0.3, -0.25) is 0 Å². The van der Waals surface area contributed by atoms with Crippen molar-refractivity contribution in [2.24, 2.45) is 0 Å². The van der Waals surface area contributed by atoms with Crippen molar-refractivity contribution >= 4 is 50.8 Å². The molecule has 1 aromatic heterocycles. The van der Waals surface area contributed by atoms with Crippen molar-refractivity contribution < 1.29 is 4.42 Å². The van der Waals surface area contributed by atoms with Gasteiger partial charge in [0.05, 0.1) is 22.2 Å². The van der Waals surface area contributed by atoms with E-state index in [2.05, 4.69) is 243 Å². The largest absolute Gasteiger partial charge is 0.456 e. The molecule has 3 aliphatic rings. The highest BCUT2D eigenvalue weighted by Crippen LogP contribution is 2.65. The normalized spacial score (nSPS) is 14.3. The zero-order chi connectivity index (χ0) is 44.4. The smallest absolute Gasteiger partial charge is 0.137 e. The van der Waals surface area contributed by atoms with Crippen molar-refractivity contribution in [2.45, 2.75) is 34.5 Å². The Balaban J connectivity index is 1.15. The quantitative estimate of drug-likeness (QED) is 0.171. The lowest BCUT2D eigenvalue weighted by Gasteiger charge is -2.41. The Bertz CT molecular complexity index is 3790. The molecule has 316 valence electrons. The van der Waals surface area contributed by atoms with E-state index in [0.717, 1.165) is 39.0 Å². The van der Waals surface area contributed by atoms with Gasteiger partial charge in [0, 0.05) is 26.3 Å². The number of hydrogen-bond donors (Lipinski definition) is 0. The molecule has 0 fully saturated rings. The maximum absolute atomic E-state index is 6.70. The molecule has 2 aliphatic carbocycles. The number of nitrogens with zero attached hydrogens (tertiary/aromatic N) is 1. The summed E-state index contributed by atoms with van der Waals surface area (Å²) in [6.45, 7) is 4.80. The zero-order valence-corrected chi connectivity index (χ0v) is 37.9. The van der Waals surface area contributed by atoms with Gasteiger partial charge in [0.2, 0.25) is 0 Å². The summed E-state index contributed by atoms with van der Waals surface area (Å²) in [4.78, 5) is 5.13. The van der Waals surface area contributed by atoms with Crippen LogP contribution in [0.5, 0.6) is 0 Å². The molecule has 2 nitrogen and oxygen atoms in total. The first kappa shape index (κ1) is 38.4. The van der Waals surface area contributed by atoms with Crippen molar-refractivity contribution in [1.82, 2.24) is 0 Å². The molecule has 0 saturated heterocycles. The van der Waals surface area contributed by atoms with Gasteiger partial charge in [0.25, 0.3) is 0 Å². The van der Waals surface area contributed by atoms with Gasteiger partial charge in [0.1, 0.15) is 11.2 Å². The molecule has 67 heavy (non-hydrogen) atoms. The van der Waals surface area contributed by atoms with Crippen LogP contribution in [0.15, 0.2) is 239 Å². The van der Waals surface area contributed by atoms with E-state index in [1.807, 2.05) is 11.8 Å². The van der Waals surface area contributed by atoms with Gasteiger partial charge in [-0.25, -0.2) is 0 Å². The van der Waals surface area contributed by atoms with Crippen molar-refractivity contribution in [3.05, 3.63) is 258 Å². The fourth-order valence-electron chi connectivity index (χ4n) is 12.1. The first-order valence-electron chi connectivity index (χ1n) is 23.2. The third kappa shape index (κ3) is 5.35. The second kappa shape index (κ2) is 14.3. The Hall–Kier alpha value is -7.85. The summed E-state index contributed by atoms with van der Waals surface area (Å²) in [6.07, 6.45) is 0. The van der Waals surface area contributed by atoms with Crippen LogP contribution in [0.3, 0.4) is 0 Å². The van der Waals surface area contributed by atoms with Crippen LogP contribution in [0, 0.1) is 0 Å². The first-order valence-corrected chi connectivity index (χ1v) is 24.1. The number of anilines is 3. The average molecular weight is 874 g/mol. The minimum atomic E-state index is -0.597. The molecule has 1 spiro atoms. The average Bonchev–Trinajstić information content (AvgIpc) is 3.99. The maximum atomic E-state index is 6.70. The van der Waals surface area contributed by atoms with Crippen LogP contribution in [0.25, 0.3) is 66.4 Å². The molecular formula is C64H43NOS. The molecule has 0 unspecified atom stereocenters.